The summed E-state index contributed by atoms with van der Waals surface area (Å²) in [7, 11) is 0. The smallest absolute Gasteiger partial charge is 0.243 e. The van der Waals surface area contributed by atoms with E-state index in [2.05, 4.69) is 41.7 Å². The van der Waals surface area contributed by atoms with Crippen LogP contribution in [-0.4, -0.2) is 34.3 Å². The van der Waals surface area contributed by atoms with Gasteiger partial charge < -0.3 is 10.6 Å². The number of aromatic nitrogens is 3. The third-order valence-electron chi connectivity index (χ3n) is 2.16. The first-order chi connectivity index (χ1) is 6.84. The first kappa shape index (κ1) is 9.79. The molecule has 76 valence electrons. The third kappa shape index (κ3) is 2.62. The summed E-state index contributed by atoms with van der Waals surface area (Å²) in [4.78, 5) is 4.11. The van der Waals surface area contributed by atoms with E-state index in [-0.39, 0.29) is 0 Å². The molecule has 1 aromatic rings. The van der Waals surface area contributed by atoms with Gasteiger partial charge in [0.1, 0.15) is 4.60 Å². The van der Waals surface area contributed by atoms with Crippen molar-refractivity contribution in [3.05, 3.63) is 10.8 Å². The van der Waals surface area contributed by atoms with E-state index in [1.165, 1.54) is 6.42 Å². The second-order valence-corrected chi connectivity index (χ2v) is 4.10. The van der Waals surface area contributed by atoms with E-state index in [1.54, 1.807) is 6.20 Å². The number of hydrogen-bond donors (Lipinski definition) is 2. The fourth-order valence-electron chi connectivity index (χ4n) is 1.48. The molecule has 2 heterocycles. The van der Waals surface area contributed by atoms with Crippen LogP contribution in [0.5, 0.6) is 0 Å². The summed E-state index contributed by atoms with van der Waals surface area (Å²) >= 11 is 3.19. The van der Waals surface area contributed by atoms with Gasteiger partial charge >= 0.3 is 0 Å². The monoisotopic (exact) mass is 257 g/mol. The van der Waals surface area contributed by atoms with Crippen molar-refractivity contribution in [2.24, 2.45) is 0 Å². The Labute approximate surface area is 90.8 Å². The maximum atomic E-state index is 4.11. The van der Waals surface area contributed by atoms with Gasteiger partial charge in [-0.1, -0.05) is 0 Å². The van der Waals surface area contributed by atoms with Gasteiger partial charge in [-0.3, -0.25) is 0 Å². The summed E-state index contributed by atoms with van der Waals surface area (Å²) in [6.07, 6.45) is 4.00. The van der Waals surface area contributed by atoms with E-state index in [4.69, 9.17) is 0 Å². The number of anilines is 1. The number of halogens is 1. The van der Waals surface area contributed by atoms with Crippen molar-refractivity contribution >= 4 is 21.9 Å². The standard InChI is InChI=1S/C8H12BrN5/c9-7-5-11-8(14-13-7)12-6-2-1-3-10-4-6/h5-6,10H,1-4H2,(H,11,12,14)/t6-/m1/s1. The van der Waals surface area contributed by atoms with Gasteiger partial charge in [-0.05, 0) is 35.3 Å². The average Bonchev–Trinajstić information content (AvgIpc) is 2.23. The van der Waals surface area contributed by atoms with Gasteiger partial charge in [0.2, 0.25) is 5.95 Å². The molecule has 1 aromatic heterocycles. The van der Waals surface area contributed by atoms with E-state index < -0.39 is 0 Å². The molecule has 0 amide bonds. The van der Waals surface area contributed by atoms with Gasteiger partial charge in [0.15, 0.2) is 0 Å². The van der Waals surface area contributed by atoms with Gasteiger partial charge in [-0.15, -0.1) is 10.2 Å². The van der Waals surface area contributed by atoms with Crippen LogP contribution in [0, 0.1) is 0 Å². The number of nitrogens with zero attached hydrogens (tertiary/aromatic N) is 3. The number of hydrogen-bond acceptors (Lipinski definition) is 5. The maximum Gasteiger partial charge on any atom is 0.243 e. The lowest BCUT2D eigenvalue weighted by Crippen LogP contribution is -2.38. The van der Waals surface area contributed by atoms with Crippen molar-refractivity contribution in [1.29, 1.82) is 0 Å². The molecule has 2 N–H and O–H groups in total. The largest absolute Gasteiger partial charge is 0.349 e. The first-order valence-electron chi connectivity index (χ1n) is 4.67. The van der Waals surface area contributed by atoms with Crippen molar-refractivity contribution in [1.82, 2.24) is 20.5 Å². The molecule has 0 aromatic carbocycles. The van der Waals surface area contributed by atoms with Gasteiger partial charge in [0.05, 0.1) is 6.20 Å². The summed E-state index contributed by atoms with van der Waals surface area (Å²) in [5.41, 5.74) is 0. The Morgan fingerprint density at radius 1 is 1.50 bits per heavy atom. The van der Waals surface area contributed by atoms with Crippen molar-refractivity contribution in [3.8, 4) is 0 Å². The van der Waals surface area contributed by atoms with E-state index in [0.717, 1.165) is 19.5 Å². The lowest BCUT2D eigenvalue weighted by Gasteiger charge is -2.23. The second kappa shape index (κ2) is 4.65. The van der Waals surface area contributed by atoms with Crippen molar-refractivity contribution in [2.45, 2.75) is 18.9 Å². The predicted molar refractivity (Wildman–Crippen MR) is 57.0 cm³/mol. The molecule has 0 aliphatic carbocycles. The molecule has 6 heteroatoms. The fourth-order valence-corrected chi connectivity index (χ4v) is 1.67. The molecule has 2 rings (SSSR count). The van der Waals surface area contributed by atoms with Crippen LogP contribution >= 0.6 is 15.9 Å². The molecule has 5 nitrogen and oxygen atoms in total. The van der Waals surface area contributed by atoms with E-state index in [1.807, 2.05) is 0 Å². The molecule has 14 heavy (non-hydrogen) atoms. The Morgan fingerprint density at radius 3 is 3.07 bits per heavy atom. The van der Waals surface area contributed by atoms with E-state index in [9.17, 15) is 0 Å². The Kier molecular flexibility index (Phi) is 3.26. The zero-order chi connectivity index (χ0) is 9.80. The van der Waals surface area contributed by atoms with Crippen LogP contribution < -0.4 is 10.6 Å². The van der Waals surface area contributed by atoms with Crippen molar-refractivity contribution < 1.29 is 0 Å². The van der Waals surface area contributed by atoms with Crippen LogP contribution in [0.15, 0.2) is 10.8 Å². The molecule has 0 bridgehead atoms. The zero-order valence-electron chi connectivity index (χ0n) is 7.70. The van der Waals surface area contributed by atoms with Gasteiger partial charge in [0, 0.05) is 12.6 Å². The van der Waals surface area contributed by atoms with Crippen LogP contribution in [0.25, 0.3) is 0 Å². The number of rotatable bonds is 2. The summed E-state index contributed by atoms with van der Waals surface area (Å²) in [6, 6.07) is 0.423. The van der Waals surface area contributed by atoms with Crippen molar-refractivity contribution in [3.63, 3.8) is 0 Å². The fraction of sp³-hybridized carbons (Fsp3) is 0.625. The Balaban J connectivity index is 1.92. The minimum absolute atomic E-state index is 0.423. The summed E-state index contributed by atoms with van der Waals surface area (Å²) in [6.45, 7) is 2.08. The lowest BCUT2D eigenvalue weighted by molar-refractivity contribution is 0.477. The minimum atomic E-state index is 0.423. The molecule has 0 radical (unpaired) electrons. The van der Waals surface area contributed by atoms with Crippen LogP contribution in [0.2, 0.25) is 0 Å². The molecule has 1 atom stereocenters. The SMILES string of the molecule is Brc1cnc(N[C@@H]2CCCNC2)nn1. The Bertz CT molecular complexity index is 282. The normalized spacial score (nSPS) is 21.9. The highest BCUT2D eigenvalue weighted by molar-refractivity contribution is 9.10. The highest BCUT2D eigenvalue weighted by atomic mass is 79.9. The summed E-state index contributed by atoms with van der Waals surface area (Å²) in [5.74, 6) is 0.599. The molecule has 1 saturated heterocycles. The topological polar surface area (TPSA) is 62.7 Å². The predicted octanol–water partition coefficient (Wildman–Crippen LogP) is 0.798. The van der Waals surface area contributed by atoms with Crippen LogP contribution in [0.3, 0.4) is 0 Å². The number of piperidine rings is 1. The minimum Gasteiger partial charge on any atom is -0.349 e. The third-order valence-corrected chi connectivity index (χ3v) is 2.53. The molecule has 1 aliphatic heterocycles. The molecular formula is C8H12BrN5. The molecule has 0 spiro atoms. The zero-order valence-corrected chi connectivity index (χ0v) is 9.29. The van der Waals surface area contributed by atoms with Crippen LogP contribution in [0.1, 0.15) is 12.8 Å². The van der Waals surface area contributed by atoms with Gasteiger partial charge in [0.25, 0.3) is 0 Å². The van der Waals surface area contributed by atoms with E-state index >= 15 is 0 Å². The summed E-state index contributed by atoms with van der Waals surface area (Å²) in [5, 5.41) is 14.4. The van der Waals surface area contributed by atoms with Crippen LogP contribution in [-0.2, 0) is 0 Å². The quantitative estimate of drug-likeness (QED) is 0.821. The molecule has 0 saturated carbocycles. The molecule has 1 fully saturated rings. The number of nitrogens with one attached hydrogen (secondary N) is 2. The molecular weight excluding hydrogens is 246 g/mol. The van der Waals surface area contributed by atoms with E-state index in [0.29, 0.717) is 16.6 Å². The maximum absolute atomic E-state index is 4.11. The Morgan fingerprint density at radius 2 is 2.43 bits per heavy atom. The second-order valence-electron chi connectivity index (χ2n) is 3.29. The average molecular weight is 258 g/mol. The van der Waals surface area contributed by atoms with Crippen LogP contribution in [0.4, 0.5) is 5.95 Å². The van der Waals surface area contributed by atoms with Crippen molar-refractivity contribution in [2.75, 3.05) is 18.4 Å². The van der Waals surface area contributed by atoms with Gasteiger partial charge in [-0.2, -0.15) is 0 Å². The van der Waals surface area contributed by atoms with Gasteiger partial charge in [-0.25, -0.2) is 4.98 Å². The highest BCUT2D eigenvalue weighted by Crippen LogP contribution is 2.08. The molecule has 0 unspecified atom stereocenters. The highest BCUT2D eigenvalue weighted by Gasteiger charge is 2.13. The summed E-state index contributed by atoms with van der Waals surface area (Å²) < 4.78 is 0.657. The Hall–Kier alpha value is -0.750. The molecule has 1 aliphatic rings. The first-order valence-corrected chi connectivity index (χ1v) is 5.46. The lowest BCUT2D eigenvalue weighted by atomic mass is 10.1.